The Labute approximate surface area is 245 Å². The minimum absolute atomic E-state index is 0.0818. The molecule has 25 heteroatoms. The predicted octanol–water partition coefficient (Wildman–Crippen LogP) is -2.13. The van der Waals surface area contributed by atoms with E-state index in [1.807, 2.05) is 0 Å². The predicted molar refractivity (Wildman–Crippen MR) is 134 cm³/mol. The number of ether oxygens (including phenoxy) is 3. The van der Waals surface area contributed by atoms with Crippen LogP contribution in [0.4, 0.5) is 4.39 Å². The van der Waals surface area contributed by atoms with Crippen LogP contribution in [-0.4, -0.2) is 122 Å². The lowest BCUT2D eigenvalue weighted by molar-refractivity contribution is -0.313. The molecule has 4 rings (SSSR count). The van der Waals surface area contributed by atoms with Crippen molar-refractivity contribution in [3.05, 3.63) is 36.3 Å². The number of aliphatic hydroxyl groups excluding tert-OH is 3. The number of phosphoric ester groups is 3. The molecule has 0 bridgehead atoms. The smallest absolute Gasteiger partial charge is 0.394 e. The highest BCUT2D eigenvalue weighted by Crippen LogP contribution is 2.49. The van der Waals surface area contributed by atoms with Gasteiger partial charge in [0.05, 0.1) is 19.4 Å². The van der Waals surface area contributed by atoms with Crippen LogP contribution in [0.5, 0.6) is 0 Å². The van der Waals surface area contributed by atoms with Gasteiger partial charge < -0.3 is 58.9 Å². The van der Waals surface area contributed by atoms with Crippen LogP contribution in [-0.2, 0) is 41.5 Å². The summed E-state index contributed by atoms with van der Waals surface area (Å²) in [7, 11) is -16.4. The fraction of sp³-hybridized carbons (Fsp3) is 0.579. The van der Waals surface area contributed by atoms with Gasteiger partial charge in [-0.25, -0.2) is 22.8 Å². The van der Waals surface area contributed by atoms with E-state index in [9.17, 15) is 62.8 Å². The maximum absolute atomic E-state index is 13.7. The van der Waals surface area contributed by atoms with E-state index in [0.717, 1.165) is 10.7 Å². The first kappa shape index (κ1) is 35.2. The third-order valence-electron chi connectivity index (χ3n) is 6.22. The number of rotatable bonds is 12. The van der Waals surface area contributed by atoms with E-state index in [1.54, 1.807) is 0 Å². The number of phosphoric acid groups is 3. The molecule has 0 amide bonds. The van der Waals surface area contributed by atoms with Crippen molar-refractivity contribution in [2.75, 3.05) is 13.2 Å². The van der Waals surface area contributed by atoms with Gasteiger partial charge in [-0.1, -0.05) is 17.3 Å². The molecule has 248 valence electrons. The Morgan fingerprint density at radius 3 is 1.98 bits per heavy atom. The number of hydrogen-bond donors (Lipinski definition) is 9. The Morgan fingerprint density at radius 1 is 0.841 bits per heavy atom. The first-order valence-corrected chi connectivity index (χ1v) is 16.7. The average Bonchev–Trinajstić information content (AvgIpc) is 3.51. The summed E-state index contributed by atoms with van der Waals surface area (Å²) in [5, 5.41) is 38.3. The molecule has 21 nitrogen and oxygen atoms in total. The highest BCUT2D eigenvalue weighted by molar-refractivity contribution is 7.46. The lowest BCUT2D eigenvalue weighted by atomic mass is 9.99. The number of aromatic nitrogens is 3. The summed E-state index contributed by atoms with van der Waals surface area (Å²) in [5.41, 5.74) is 0.337. The number of benzene rings is 1. The lowest BCUT2D eigenvalue weighted by Crippen LogP contribution is -2.61. The summed E-state index contributed by atoms with van der Waals surface area (Å²) in [6.45, 7) is -2.07. The monoisotopic (exact) mass is 697 g/mol. The Balaban J connectivity index is 1.67. The van der Waals surface area contributed by atoms with Crippen molar-refractivity contribution in [2.24, 2.45) is 0 Å². The van der Waals surface area contributed by atoms with Crippen molar-refractivity contribution in [3.63, 3.8) is 0 Å². The molecular weight excluding hydrogens is 670 g/mol. The van der Waals surface area contributed by atoms with E-state index in [2.05, 4.69) is 19.4 Å². The molecule has 44 heavy (non-hydrogen) atoms. The van der Waals surface area contributed by atoms with Crippen molar-refractivity contribution < 1.29 is 90.5 Å². The summed E-state index contributed by atoms with van der Waals surface area (Å²) in [6.07, 6.45) is -16.6. The van der Waals surface area contributed by atoms with Crippen LogP contribution >= 0.6 is 23.5 Å². The molecule has 0 aliphatic carbocycles. The topological polar surface area (TPSA) is 319 Å². The largest absolute Gasteiger partial charge is 0.470 e. The molecule has 2 saturated heterocycles. The minimum atomic E-state index is -5.53. The van der Waals surface area contributed by atoms with Crippen molar-refractivity contribution in [1.82, 2.24) is 15.0 Å². The van der Waals surface area contributed by atoms with Gasteiger partial charge in [-0.05, 0) is 12.1 Å². The first-order chi connectivity index (χ1) is 20.4. The van der Waals surface area contributed by atoms with Gasteiger partial charge in [-0.2, -0.15) is 0 Å². The average molecular weight is 697 g/mol. The van der Waals surface area contributed by atoms with Gasteiger partial charge in [-0.15, -0.1) is 5.10 Å². The van der Waals surface area contributed by atoms with Crippen LogP contribution in [0, 0.1) is 5.82 Å². The van der Waals surface area contributed by atoms with Crippen LogP contribution in [0.3, 0.4) is 0 Å². The highest BCUT2D eigenvalue weighted by Gasteiger charge is 2.56. The second kappa shape index (κ2) is 13.6. The van der Waals surface area contributed by atoms with E-state index >= 15 is 0 Å². The fourth-order valence-electron chi connectivity index (χ4n) is 4.56. The van der Waals surface area contributed by atoms with Crippen molar-refractivity contribution in [2.45, 2.75) is 55.2 Å². The highest BCUT2D eigenvalue weighted by atomic mass is 31.2. The molecule has 0 radical (unpaired) electrons. The summed E-state index contributed by atoms with van der Waals surface area (Å²) < 4.78 is 80.0. The van der Waals surface area contributed by atoms with Gasteiger partial charge >= 0.3 is 23.5 Å². The summed E-state index contributed by atoms with van der Waals surface area (Å²) in [4.78, 5) is 56.3. The van der Waals surface area contributed by atoms with Gasteiger partial charge in [0, 0.05) is 5.56 Å². The standard InChI is InChI=1S/C19H27FN3O18P3/c20-9-3-1-2-8(4-9)10-5-23(22-21-10)18-17(41-44(33,34)35)14(11(6-24)36-18)38-19-13(26)16(40-43(30,31)32)15(12(7-25)37-19)39-42(27,28)29/h1-5,11-19,24-26H,6-7H2,(H2,27,28,29)(H2,30,31,32)(H2,33,34,35)/t11-,12-,13-,14-,15-,16-,17-,18-,19-/m1/s1. The second-order valence-corrected chi connectivity index (χ2v) is 12.9. The molecule has 2 aliphatic rings. The van der Waals surface area contributed by atoms with E-state index in [-0.39, 0.29) is 11.3 Å². The van der Waals surface area contributed by atoms with E-state index < -0.39 is 97.7 Å². The van der Waals surface area contributed by atoms with Gasteiger partial charge in [-0.3, -0.25) is 13.6 Å². The molecule has 3 heterocycles. The molecule has 9 N–H and O–H groups in total. The Bertz CT molecular complexity index is 1430. The Hall–Kier alpha value is -1.62. The molecule has 2 aromatic rings. The summed E-state index contributed by atoms with van der Waals surface area (Å²) in [6, 6.07) is 5.16. The van der Waals surface area contributed by atoms with Gasteiger partial charge in [0.25, 0.3) is 0 Å². The third kappa shape index (κ3) is 8.80. The second-order valence-electron chi connectivity index (χ2n) is 9.34. The van der Waals surface area contributed by atoms with E-state index in [4.69, 9.17) is 18.7 Å². The quantitative estimate of drug-likeness (QED) is 0.107. The van der Waals surface area contributed by atoms with Crippen LogP contribution in [0.15, 0.2) is 30.5 Å². The molecular formula is C19H27FN3O18P3. The van der Waals surface area contributed by atoms with Crippen LogP contribution < -0.4 is 0 Å². The zero-order valence-corrected chi connectivity index (χ0v) is 24.4. The normalized spacial score (nSPS) is 31.8. The zero-order valence-electron chi connectivity index (χ0n) is 21.8. The summed E-state index contributed by atoms with van der Waals surface area (Å²) in [5.74, 6) is -0.604. The molecule has 0 unspecified atom stereocenters. The van der Waals surface area contributed by atoms with Gasteiger partial charge in [0.1, 0.15) is 54.2 Å². The maximum Gasteiger partial charge on any atom is 0.470 e. The Kier molecular flexibility index (Phi) is 10.9. The molecule has 1 aromatic heterocycles. The molecule has 9 atom stereocenters. The third-order valence-corrected chi connectivity index (χ3v) is 7.77. The maximum atomic E-state index is 13.7. The molecule has 0 spiro atoms. The van der Waals surface area contributed by atoms with Crippen molar-refractivity contribution in [3.8, 4) is 11.3 Å². The van der Waals surface area contributed by atoms with E-state index in [0.29, 0.717) is 0 Å². The van der Waals surface area contributed by atoms with Gasteiger partial charge in [0.2, 0.25) is 0 Å². The zero-order chi connectivity index (χ0) is 32.6. The summed E-state index contributed by atoms with van der Waals surface area (Å²) >= 11 is 0. The van der Waals surface area contributed by atoms with E-state index in [1.165, 1.54) is 24.4 Å². The molecule has 1 aromatic carbocycles. The first-order valence-electron chi connectivity index (χ1n) is 12.1. The van der Waals surface area contributed by atoms with Crippen LogP contribution in [0.2, 0.25) is 0 Å². The lowest BCUT2D eigenvalue weighted by Gasteiger charge is -2.44. The van der Waals surface area contributed by atoms with Gasteiger partial charge in [0.15, 0.2) is 12.5 Å². The minimum Gasteiger partial charge on any atom is -0.394 e. The SMILES string of the molecule is O=P(O)(O)O[C@@H]1[C@@H](O)[C@@H](O[C@H]2[C@@H](OP(=O)(O)O)[C@H](n3cc(-c4cccc(F)c4)nn3)O[C@@H]2CO)O[C@H](CO)[C@H]1OP(=O)(O)O. The fourth-order valence-corrected chi connectivity index (χ4v) is 6.23. The number of hydrogen-bond acceptors (Lipinski definition) is 14. The molecule has 0 saturated carbocycles. The van der Waals surface area contributed by atoms with Crippen molar-refractivity contribution in [1.29, 1.82) is 0 Å². The Morgan fingerprint density at radius 2 is 1.41 bits per heavy atom. The van der Waals surface area contributed by atoms with Crippen molar-refractivity contribution >= 4 is 23.5 Å². The van der Waals surface area contributed by atoms with Crippen LogP contribution in [0.25, 0.3) is 11.3 Å². The number of halogens is 1. The number of nitrogens with zero attached hydrogens (tertiary/aromatic N) is 3. The van der Waals surface area contributed by atoms with Crippen LogP contribution in [0.1, 0.15) is 6.23 Å². The molecule has 2 fully saturated rings. The number of aliphatic hydroxyl groups is 3. The molecule has 2 aliphatic heterocycles.